The van der Waals surface area contributed by atoms with Crippen molar-refractivity contribution in [3.8, 4) is 17.2 Å². The topological polar surface area (TPSA) is 81.7 Å². The van der Waals surface area contributed by atoms with Gasteiger partial charge in [-0.25, -0.2) is 8.42 Å². The van der Waals surface area contributed by atoms with E-state index in [0.717, 1.165) is 29.7 Å². The third kappa shape index (κ3) is 5.36. The number of amides is 1. The summed E-state index contributed by atoms with van der Waals surface area (Å²) < 4.78 is 72.5. The van der Waals surface area contributed by atoms with E-state index in [1.165, 1.54) is 48.9 Å². The molecule has 0 unspecified atom stereocenters. The van der Waals surface area contributed by atoms with E-state index >= 15 is 0 Å². The molecule has 0 bridgehead atoms. The Morgan fingerprint density at radius 1 is 1.06 bits per heavy atom. The van der Waals surface area contributed by atoms with Crippen LogP contribution in [-0.2, 0) is 16.0 Å². The summed E-state index contributed by atoms with van der Waals surface area (Å²) in [5.74, 6) is -0.313. The number of rotatable bonds is 6. The summed E-state index contributed by atoms with van der Waals surface area (Å²) in [5.41, 5.74) is -0.454. The van der Waals surface area contributed by atoms with Crippen LogP contribution in [0.15, 0.2) is 58.8 Å². The molecule has 31 heavy (non-hydrogen) atoms. The van der Waals surface area contributed by atoms with Gasteiger partial charge in [0.15, 0.2) is 15.6 Å². The van der Waals surface area contributed by atoms with Gasteiger partial charge in [-0.05, 0) is 42.5 Å². The summed E-state index contributed by atoms with van der Waals surface area (Å²) in [5, 5.41) is 3.94. The van der Waals surface area contributed by atoms with E-state index in [1.807, 2.05) is 0 Å². The van der Waals surface area contributed by atoms with Gasteiger partial charge in [-0.1, -0.05) is 6.07 Å². The normalized spacial score (nSPS) is 11.8. The Morgan fingerprint density at radius 3 is 2.32 bits per heavy atom. The van der Waals surface area contributed by atoms with Crippen molar-refractivity contribution in [3.63, 3.8) is 0 Å². The van der Waals surface area contributed by atoms with Gasteiger partial charge >= 0.3 is 6.18 Å². The maximum Gasteiger partial charge on any atom is 0.416 e. The van der Waals surface area contributed by atoms with Crippen LogP contribution in [0.5, 0.6) is 17.2 Å². The van der Waals surface area contributed by atoms with E-state index in [-0.39, 0.29) is 27.0 Å². The van der Waals surface area contributed by atoms with Gasteiger partial charge in [0, 0.05) is 17.3 Å². The zero-order valence-corrected chi connectivity index (χ0v) is 17.8. The first-order chi connectivity index (χ1) is 14.5. The highest BCUT2D eigenvalue weighted by Gasteiger charge is 2.30. The van der Waals surface area contributed by atoms with Crippen LogP contribution in [-0.4, -0.2) is 27.7 Å². The SMILES string of the molecule is COc1c(S(C)(=O)=O)csc1C(=O)Nc1ccc(Oc2cccc(C(F)(F)F)c2)cc1. The Morgan fingerprint density at radius 2 is 1.74 bits per heavy atom. The van der Waals surface area contributed by atoms with Crippen LogP contribution >= 0.6 is 11.3 Å². The number of sulfone groups is 1. The van der Waals surface area contributed by atoms with Crippen molar-refractivity contribution in [1.82, 2.24) is 0 Å². The van der Waals surface area contributed by atoms with Crippen LogP contribution in [0.2, 0.25) is 0 Å². The Balaban J connectivity index is 1.73. The lowest BCUT2D eigenvalue weighted by molar-refractivity contribution is -0.137. The molecule has 1 heterocycles. The molecule has 164 valence electrons. The maximum absolute atomic E-state index is 12.8. The molecule has 3 aromatic rings. The minimum Gasteiger partial charge on any atom is -0.494 e. The van der Waals surface area contributed by atoms with Gasteiger partial charge in [-0.3, -0.25) is 4.79 Å². The molecule has 2 aromatic carbocycles. The molecule has 0 radical (unpaired) electrons. The molecule has 3 rings (SSSR count). The molecule has 0 aliphatic heterocycles. The van der Waals surface area contributed by atoms with Crippen molar-refractivity contribution in [2.75, 3.05) is 18.7 Å². The minimum absolute atomic E-state index is 0.0169. The largest absolute Gasteiger partial charge is 0.494 e. The average molecular weight is 471 g/mol. The lowest BCUT2D eigenvalue weighted by Gasteiger charge is -2.11. The fraction of sp³-hybridized carbons (Fsp3) is 0.150. The Kier molecular flexibility index (Phi) is 6.27. The lowest BCUT2D eigenvalue weighted by atomic mass is 10.2. The van der Waals surface area contributed by atoms with Crippen molar-refractivity contribution in [1.29, 1.82) is 0 Å². The van der Waals surface area contributed by atoms with Crippen molar-refractivity contribution in [2.24, 2.45) is 0 Å². The predicted molar refractivity (Wildman–Crippen MR) is 110 cm³/mol. The number of carbonyl (C=O) groups excluding carboxylic acids is 1. The number of anilines is 1. The van der Waals surface area contributed by atoms with Crippen LogP contribution in [0.3, 0.4) is 0 Å². The number of thiophene rings is 1. The van der Waals surface area contributed by atoms with E-state index in [9.17, 15) is 26.4 Å². The van der Waals surface area contributed by atoms with Crippen LogP contribution in [0, 0.1) is 0 Å². The number of hydrogen-bond donors (Lipinski definition) is 1. The molecule has 0 spiro atoms. The average Bonchev–Trinajstić information content (AvgIpc) is 3.14. The third-order valence-corrected chi connectivity index (χ3v) is 6.24. The van der Waals surface area contributed by atoms with Crippen molar-refractivity contribution < 1.29 is 35.9 Å². The van der Waals surface area contributed by atoms with Gasteiger partial charge in [0.1, 0.15) is 21.3 Å². The number of hydrogen-bond acceptors (Lipinski definition) is 6. The molecular weight excluding hydrogens is 455 g/mol. The standard InChI is InChI=1S/C20H16F3NO5S2/c1-28-17-16(31(2,26)27)11-30-18(17)19(25)24-13-6-8-14(9-7-13)29-15-5-3-4-12(10-15)20(21,22)23/h3-11H,1-2H3,(H,24,25). The highest BCUT2D eigenvalue weighted by Crippen LogP contribution is 2.35. The van der Waals surface area contributed by atoms with Crippen molar-refractivity contribution >= 4 is 32.8 Å². The highest BCUT2D eigenvalue weighted by atomic mass is 32.2. The highest BCUT2D eigenvalue weighted by molar-refractivity contribution is 7.91. The first kappa shape index (κ1) is 22.6. The first-order valence-electron chi connectivity index (χ1n) is 8.61. The molecule has 0 aliphatic carbocycles. The summed E-state index contributed by atoms with van der Waals surface area (Å²) in [4.78, 5) is 12.5. The Bertz CT molecular complexity index is 1200. The second-order valence-corrected chi connectivity index (χ2v) is 9.20. The first-order valence-corrected chi connectivity index (χ1v) is 11.4. The summed E-state index contributed by atoms with van der Waals surface area (Å²) in [6.45, 7) is 0. The molecular formula is C20H16F3NO5S2. The van der Waals surface area contributed by atoms with Crippen LogP contribution in [0.25, 0.3) is 0 Å². The molecule has 0 aliphatic rings. The zero-order valence-electron chi connectivity index (χ0n) is 16.2. The third-order valence-electron chi connectivity index (χ3n) is 4.03. The van der Waals surface area contributed by atoms with E-state index < -0.39 is 27.5 Å². The molecule has 1 N–H and O–H groups in total. The van der Waals surface area contributed by atoms with Crippen molar-refractivity contribution in [2.45, 2.75) is 11.1 Å². The van der Waals surface area contributed by atoms with Gasteiger partial charge < -0.3 is 14.8 Å². The summed E-state index contributed by atoms with van der Waals surface area (Å²) in [6, 6.07) is 10.4. The van der Waals surface area contributed by atoms with Crippen LogP contribution < -0.4 is 14.8 Å². The number of methoxy groups -OCH3 is 1. The number of ether oxygens (including phenoxy) is 2. The van der Waals surface area contributed by atoms with E-state index in [2.05, 4.69) is 5.32 Å². The number of halogens is 3. The molecule has 1 amide bonds. The van der Waals surface area contributed by atoms with Crippen LogP contribution in [0.1, 0.15) is 15.2 Å². The Hall–Kier alpha value is -3.05. The smallest absolute Gasteiger partial charge is 0.416 e. The summed E-state index contributed by atoms with van der Waals surface area (Å²) >= 11 is 0.930. The molecule has 1 aromatic heterocycles. The monoisotopic (exact) mass is 471 g/mol. The fourth-order valence-electron chi connectivity index (χ4n) is 2.60. The quantitative estimate of drug-likeness (QED) is 0.533. The van der Waals surface area contributed by atoms with Gasteiger partial charge in [-0.15, -0.1) is 11.3 Å². The second kappa shape index (κ2) is 8.60. The maximum atomic E-state index is 12.8. The number of benzene rings is 2. The lowest BCUT2D eigenvalue weighted by Crippen LogP contribution is -2.12. The summed E-state index contributed by atoms with van der Waals surface area (Å²) in [7, 11) is -2.29. The molecule has 0 atom stereocenters. The molecule has 6 nitrogen and oxygen atoms in total. The van der Waals surface area contributed by atoms with Gasteiger partial charge in [-0.2, -0.15) is 13.2 Å². The molecule has 0 fully saturated rings. The number of alkyl halides is 3. The number of nitrogens with one attached hydrogen (secondary N) is 1. The van der Waals surface area contributed by atoms with E-state index in [0.29, 0.717) is 5.69 Å². The fourth-order valence-corrected chi connectivity index (χ4v) is 4.82. The Labute approximate surface area is 180 Å². The van der Waals surface area contributed by atoms with E-state index in [4.69, 9.17) is 9.47 Å². The molecule has 0 saturated heterocycles. The van der Waals surface area contributed by atoms with E-state index in [1.54, 1.807) is 0 Å². The second-order valence-electron chi connectivity index (χ2n) is 6.34. The van der Waals surface area contributed by atoms with Gasteiger partial charge in [0.2, 0.25) is 0 Å². The van der Waals surface area contributed by atoms with Gasteiger partial charge in [0.25, 0.3) is 5.91 Å². The van der Waals surface area contributed by atoms with Gasteiger partial charge in [0.05, 0.1) is 12.7 Å². The predicted octanol–water partition coefficient (Wildman–Crippen LogP) is 5.22. The van der Waals surface area contributed by atoms with Crippen molar-refractivity contribution in [3.05, 3.63) is 64.4 Å². The molecule has 11 heteroatoms. The van der Waals surface area contributed by atoms with Crippen LogP contribution in [0.4, 0.5) is 18.9 Å². The minimum atomic E-state index is -4.48. The zero-order chi connectivity index (χ0) is 22.8. The summed E-state index contributed by atoms with van der Waals surface area (Å²) in [6.07, 6.45) is -3.46. The molecule has 0 saturated carbocycles. The number of carbonyl (C=O) groups is 1.